The highest BCUT2D eigenvalue weighted by atomic mass is 16.7. The van der Waals surface area contributed by atoms with Crippen LogP contribution in [0.2, 0.25) is 0 Å². The highest BCUT2D eigenvalue weighted by Gasteiger charge is 2.34. The number of hydrogen-bond acceptors (Lipinski definition) is 13. The number of ether oxygens (including phenoxy) is 3. The lowest BCUT2D eigenvalue weighted by Crippen LogP contribution is -2.33. The smallest absolute Gasteiger partial charge is 0.460 e. The van der Waals surface area contributed by atoms with E-state index >= 15 is 0 Å². The molecule has 0 aromatic rings. The molecule has 188 valence electrons. The molecule has 4 amide bonds. The summed E-state index contributed by atoms with van der Waals surface area (Å²) in [6, 6.07) is 0. The molecule has 0 aliphatic carbocycles. The molecular weight excluding hydrogens is 464 g/mol. The lowest BCUT2D eigenvalue weighted by atomic mass is 10.3. The van der Waals surface area contributed by atoms with Gasteiger partial charge in [0.25, 0.3) is 23.6 Å². The number of nitrogens with zero attached hydrogens (tertiary/aromatic N) is 2. The van der Waals surface area contributed by atoms with Crippen molar-refractivity contribution in [3.8, 4) is 0 Å². The second-order valence-corrected chi connectivity index (χ2v) is 6.73. The zero-order valence-electron chi connectivity index (χ0n) is 17.4. The van der Waals surface area contributed by atoms with E-state index in [1.54, 1.807) is 0 Å². The maximum absolute atomic E-state index is 11.7. The molecule has 2 rings (SSSR count). The second-order valence-electron chi connectivity index (χ2n) is 6.73. The number of hydroxylamine groups is 4. The van der Waals surface area contributed by atoms with Gasteiger partial charge in [-0.3, -0.25) is 19.2 Å². The predicted octanol–water partition coefficient (Wildman–Crippen LogP) is -0.298. The highest BCUT2D eigenvalue weighted by molar-refractivity contribution is 6.02. The van der Waals surface area contributed by atoms with Crippen LogP contribution >= 0.6 is 0 Å². The van der Waals surface area contributed by atoms with Gasteiger partial charge < -0.3 is 23.9 Å². The number of hydrogen-bond donors (Lipinski definition) is 0. The van der Waals surface area contributed by atoms with Crippen LogP contribution in [0.4, 0.5) is 4.79 Å². The van der Waals surface area contributed by atoms with Gasteiger partial charge in [0, 0.05) is 25.7 Å². The molecule has 2 aliphatic heterocycles. The highest BCUT2D eigenvalue weighted by Crippen LogP contribution is 2.14. The van der Waals surface area contributed by atoms with Crippen molar-refractivity contribution < 1.29 is 62.2 Å². The van der Waals surface area contributed by atoms with Gasteiger partial charge in [0.2, 0.25) is 0 Å². The molecule has 0 spiro atoms. The minimum atomic E-state index is -1.31. The third-order valence-electron chi connectivity index (χ3n) is 4.02. The Kier molecular flexibility index (Phi) is 10.6. The summed E-state index contributed by atoms with van der Waals surface area (Å²) in [5.74, 6) is -5.65. The van der Waals surface area contributed by atoms with Gasteiger partial charge in [-0.15, -0.1) is 10.1 Å². The summed E-state index contributed by atoms with van der Waals surface area (Å²) in [5, 5.41) is 0.696. The van der Waals surface area contributed by atoms with E-state index in [1.165, 1.54) is 6.92 Å². The number of carbonyl (C=O) groups is 8. The van der Waals surface area contributed by atoms with Gasteiger partial charge in [0.05, 0.1) is 12.8 Å². The molecule has 0 bridgehead atoms. The molecule has 15 heteroatoms. The number of imide groups is 2. The number of amides is 4. The molecule has 0 N–H and O–H groups in total. The number of carbonyl (C=O) groups excluding carboxylic acids is 8. The summed E-state index contributed by atoms with van der Waals surface area (Å²) in [6.45, 7) is -0.0613. The quantitative estimate of drug-likeness (QED) is 0.288. The summed E-state index contributed by atoms with van der Waals surface area (Å²) in [6.07, 6.45) is -3.57. The standard InChI is InChI=1S/C18H20N2O13.CH4/c1-10(8-16(26)33-20-13(23)4-5-14(20)24)31-17(27)9-30-18(28)29-7-6-15(25)32-19-11(21)2-3-12(19)22;/h10H,2-9H2,1H3;1H4. The van der Waals surface area contributed by atoms with E-state index in [-0.39, 0.29) is 33.1 Å². The van der Waals surface area contributed by atoms with Crippen LogP contribution in [0.3, 0.4) is 0 Å². The predicted molar refractivity (Wildman–Crippen MR) is 103 cm³/mol. The minimum Gasteiger partial charge on any atom is -0.460 e. The molecule has 2 aliphatic rings. The van der Waals surface area contributed by atoms with Gasteiger partial charge in [0.1, 0.15) is 12.7 Å². The van der Waals surface area contributed by atoms with Crippen molar-refractivity contribution >= 4 is 47.7 Å². The lowest BCUT2D eigenvalue weighted by molar-refractivity contribution is -0.199. The van der Waals surface area contributed by atoms with Gasteiger partial charge >= 0.3 is 24.1 Å². The fourth-order valence-electron chi connectivity index (χ4n) is 2.51. The molecule has 0 aromatic carbocycles. The van der Waals surface area contributed by atoms with Gasteiger partial charge in [-0.1, -0.05) is 7.43 Å². The minimum absolute atomic E-state index is 0. The molecule has 0 radical (unpaired) electrons. The van der Waals surface area contributed by atoms with E-state index in [0.29, 0.717) is 10.1 Å². The van der Waals surface area contributed by atoms with Gasteiger partial charge in [0.15, 0.2) is 6.61 Å². The topological polar surface area (TPSA) is 189 Å². The van der Waals surface area contributed by atoms with Gasteiger partial charge in [-0.05, 0) is 6.92 Å². The maximum atomic E-state index is 11.7. The summed E-state index contributed by atoms with van der Waals surface area (Å²) in [5.41, 5.74) is 0. The summed E-state index contributed by atoms with van der Waals surface area (Å²) >= 11 is 0. The van der Waals surface area contributed by atoms with Crippen LogP contribution in [0, 0.1) is 0 Å². The average Bonchev–Trinajstić information content (AvgIpc) is 3.22. The van der Waals surface area contributed by atoms with E-state index < -0.39 is 79.9 Å². The number of rotatable bonds is 10. The summed E-state index contributed by atoms with van der Waals surface area (Å²) in [4.78, 5) is 101. The van der Waals surface area contributed by atoms with E-state index in [0.717, 1.165) is 0 Å². The summed E-state index contributed by atoms with van der Waals surface area (Å²) < 4.78 is 13.8. The second kappa shape index (κ2) is 12.9. The van der Waals surface area contributed by atoms with Gasteiger partial charge in [-0.25, -0.2) is 19.2 Å². The molecule has 15 nitrogen and oxygen atoms in total. The van der Waals surface area contributed by atoms with Crippen LogP contribution in [0.1, 0.15) is 52.9 Å². The Morgan fingerprint density at radius 2 is 1.24 bits per heavy atom. The van der Waals surface area contributed by atoms with Crippen molar-refractivity contribution in [1.29, 1.82) is 0 Å². The first-order chi connectivity index (χ1) is 15.6. The fourth-order valence-corrected chi connectivity index (χ4v) is 2.51. The van der Waals surface area contributed by atoms with Crippen molar-refractivity contribution in [3.05, 3.63) is 0 Å². The van der Waals surface area contributed by atoms with Crippen LogP contribution < -0.4 is 0 Å². The van der Waals surface area contributed by atoms with Crippen molar-refractivity contribution in [2.75, 3.05) is 13.2 Å². The molecule has 1 unspecified atom stereocenters. The van der Waals surface area contributed by atoms with Crippen molar-refractivity contribution in [1.82, 2.24) is 10.1 Å². The zero-order valence-corrected chi connectivity index (χ0v) is 17.4. The molecule has 0 aromatic heterocycles. The molecule has 34 heavy (non-hydrogen) atoms. The molecule has 2 fully saturated rings. The largest absolute Gasteiger partial charge is 0.508 e. The lowest BCUT2D eigenvalue weighted by Gasteiger charge is -2.15. The van der Waals surface area contributed by atoms with E-state index in [1.807, 2.05) is 0 Å². The Labute approximate surface area is 193 Å². The molecule has 2 heterocycles. The van der Waals surface area contributed by atoms with Gasteiger partial charge in [-0.2, -0.15) is 0 Å². The Morgan fingerprint density at radius 3 is 1.74 bits per heavy atom. The first-order valence-electron chi connectivity index (χ1n) is 9.69. The zero-order chi connectivity index (χ0) is 24.5. The molecule has 0 saturated carbocycles. The SMILES string of the molecule is C.CC(CC(=O)ON1C(=O)CCC1=O)OC(=O)COC(=O)OCCC(=O)ON1C(=O)CCC1=O. The molecular formula is C19H24N2O13. The van der Waals surface area contributed by atoms with Crippen molar-refractivity contribution in [3.63, 3.8) is 0 Å². The van der Waals surface area contributed by atoms with Crippen LogP contribution in [0.25, 0.3) is 0 Å². The van der Waals surface area contributed by atoms with Crippen molar-refractivity contribution in [2.24, 2.45) is 0 Å². The Bertz CT molecular complexity index is 836. The normalized spacial score (nSPS) is 16.0. The maximum Gasteiger partial charge on any atom is 0.508 e. The van der Waals surface area contributed by atoms with Crippen LogP contribution in [0.15, 0.2) is 0 Å². The third kappa shape index (κ3) is 8.48. The average molecular weight is 488 g/mol. The Morgan fingerprint density at radius 1 is 0.765 bits per heavy atom. The Hall–Kier alpha value is -4.04. The Balaban J connectivity index is 0.00000578. The molecule has 1 atom stereocenters. The van der Waals surface area contributed by atoms with E-state index in [2.05, 4.69) is 19.1 Å². The molecule has 2 saturated heterocycles. The van der Waals surface area contributed by atoms with E-state index in [4.69, 9.17) is 4.74 Å². The fraction of sp³-hybridized carbons (Fsp3) is 0.579. The van der Waals surface area contributed by atoms with Crippen molar-refractivity contribution in [2.45, 2.75) is 59.0 Å². The first-order valence-corrected chi connectivity index (χ1v) is 9.69. The monoisotopic (exact) mass is 488 g/mol. The summed E-state index contributed by atoms with van der Waals surface area (Å²) in [7, 11) is 0. The third-order valence-corrected chi connectivity index (χ3v) is 4.02. The van der Waals surface area contributed by atoms with Crippen LogP contribution in [0.5, 0.6) is 0 Å². The first kappa shape index (κ1) is 28.0. The van der Waals surface area contributed by atoms with Crippen LogP contribution in [-0.4, -0.2) is 77.1 Å². The number of esters is 1. The van der Waals surface area contributed by atoms with E-state index in [9.17, 15) is 38.4 Å². The van der Waals surface area contributed by atoms with Crippen LogP contribution in [-0.2, 0) is 57.4 Å².